The zero-order chi connectivity index (χ0) is 17.4. The minimum Gasteiger partial charge on any atom is -0.358 e. The molecule has 1 atom stereocenters. The number of benzene rings is 2. The van der Waals surface area contributed by atoms with Crippen LogP contribution in [0.4, 0.5) is 0 Å². The molecule has 2 heterocycles. The molecular formula is C19H16N4O2. The van der Waals surface area contributed by atoms with Gasteiger partial charge in [0.1, 0.15) is 0 Å². The lowest BCUT2D eigenvalue weighted by atomic mass is 10.0. The van der Waals surface area contributed by atoms with Crippen LogP contribution in [0.2, 0.25) is 0 Å². The standard InChI is InChI=1S/C19H16N4O2/c1-12-16(14-9-5-6-10-15(14)20-12)17-19(25)21-18(22-23(17)11-24)13-7-3-2-4-8-13/h2-11,17,20H,1H3,(H,21,22,25)/t17-/m1/s1. The van der Waals surface area contributed by atoms with E-state index in [0.29, 0.717) is 12.2 Å². The first-order valence-electron chi connectivity index (χ1n) is 7.95. The van der Waals surface area contributed by atoms with E-state index in [1.807, 2.05) is 61.5 Å². The van der Waals surface area contributed by atoms with Crippen LogP contribution in [0.25, 0.3) is 10.9 Å². The highest BCUT2D eigenvalue weighted by molar-refractivity contribution is 6.12. The van der Waals surface area contributed by atoms with E-state index in [2.05, 4.69) is 15.4 Å². The molecule has 0 aliphatic carbocycles. The van der Waals surface area contributed by atoms with Gasteiger partial charge in [-0.3, -0.25) is 9.59 Å². The van der Waals surface area contributed by atoms with E-state index in [0.717, 1.165) is 27.7 Å². The number of hydrazone groups is 1. The number of rotatable bonds is 3. The third-order valence-corrected chi connectivity index (χ3v) is 4.34. The van der Waals surface area contributed by atoms with Crippen molar-refractivity contribution in [1.82, 2.24) is 15.3 Å². The van der Waals surface area contributed by atoms with Gasteiger partial charge in [0, 0.05) is 27.7 Å². The number of fused-ring (bicyclic) bond motifs is 1. The number of aromatic nitrogens is 1. The van der Waals surface area contributed by atoms with Crippen LogP contribution in [0, 0.1) is 6.92 Å². The SMILES string of the molecule is Cc1[nH]c2ccccc2c1[C@@H]1C(=O)NC(c2ccccc2)=NN1C=O. The van der Waals surface area contributed by atoms with Gasteiger partial charge in [0.2, 0.25) is 6.41 Å². The second-order valence-electron chi connectivity index (χ2n) is 5.90. The number of carbonyl (C=O) groups is 2. The van der Waals surface area contributed by atoms with Crippen molar-refractivity contribution in [2.45, 2.75) is 13.0 Å². The fourth-order valence-electron chi connectivity index (χ4n) is 3.23. The molecule has 0 unspecified atom stereocenters. The summed E-state index contributed by atoms with van der Waals surface area (Å²) in [5.41, 5.74) is 3.27. The van der Waals surface area contributed by atoms with Gasteiger partial charge >= 0.3 is 0 Å². The second-order valence-corrected chi connectivity index (χ2v) is 5.90. The van der Waals surface area contributed by atoms with Crippen LogP contribution in [0.5, 0.6) is 0 Å². The van der Waals surface area contributed by atoms with E-state index in [9.17, 15) is 9.59 Å². The molecule has 1 aromatic heterocycles. The largest absolute Gasteiger partial charge is 0.358 e. The Balaban J connectivity index is 1.83. The summed E-state index contributed by atoms with van der Waals surface area (Å²) in [6, 6.07) is 16.1. The van der Waals surface area contributed by atoms with Gasteiger partial charge < -0.3 is 10.3 Å². The molecule has 4 rings (SSSR count). The third-order valence-electron chi connectivity index (χ3n) is 4.34. The highest BCUT2D eigenvalue weighted by atomic mass is 16.2. The molecule has 0 bridgehead atoms. The minimum atomic E-state index is -0.805. The third kappa shape index (κ3) is 2.48. The van der Waals surface area contributed by atoms with Crippen molar-refractivity contribution in [2.75, 3.05) is 0 Å². The Morgan fingerprint density at radius 1 is 1.08 bits per heavy atom. The Labute approximate surface area is 144 Å². The van der Waals surface area contributed by atoms with Crippen LogP contribution in [0.15, 0.2) is 59.7 Å². The Morgan fingerprint density at radius 3 is 2.56 bits per heavy atom. The van der Waals surface area contributed by atoms with Crippen molar-refractivity contribution >= 4 is 29.1 Å². The Kier molecular flexibility index (Phi) is 3.57. The molecule has 1 aliphatic heterocycles. The molecule has 0 radical (unpaired) electrons. The smallest absolute Gasteiger partial charge is 0.255 e. The Bertz CT molecular complexity index is 991. The van der Waals surface area contributed by atoms with Crippen molar-refractivity contribution in [2.24, 2.45) is 5.10 Å². The van der Waals surface area contributed by atoms with E-state index < -0.39 is 6.04 Å². The van der Waals surface area contributed by atoms with Crippen molar-refractivity contribution in [3.63, 3.8) is 0 Å². The van der Waals surface area contributed by atoms with Gasteiger partial charge in [0.15, 0.2) is 11.9 Å². The first-order valence-corrected chi connectivity index (χ1v) is 7.95. The number of amides is 2. The van der Waals surface area contributed by atoms with E-state index in [-0.39, 0.29) is 5.91 Å². The summed E-state index contributed by atoms with van der Waals surface area (Å²) >= 11 is 0. The maximum absolute atomic E-state index is 12.8. The van der Waals surface area contributed by atoms with Crippen molar-refractivity contribution in [3.05, 3.63) is 71.4 Å². The number of H-pyrrole nitrogens is 1. The van der Waals surface area contributed by atoms with E-state index in [1.165, 1.54) is 5.01 Å². The van der Waals surface area contributed by atoms with Gasteiger partial charge in [-0.15, -0.1) is 0 Å². The summed E-state index contributed by atoms with van der Waals surface area (Å²) in [7, 11) is 0. The summed E-state index contributed by atoms with van der Waals surface area (Å²) in [6.07, 6.45) is 0.591. The van der Waals surface area contributed by atoms with Gasteiger partial charge in [0.05, 0.1) is 0 Å². The molecule has 6 nitrogen and oxygen atoms in total. The predicted molar refractivity (Wildman–Crippen MR) is 94.8 cm³/mol. The van der Waals surface area contributed by atoms with Crippen LogP contribution in [0.3, 0.4) is 0 Å². The predicted octanol–water partition coefficient (Wildman–Crippen LogP) is 2.47. The normalized spacial score (nSPS) is 17.3. The minimum absolute atomic E-state index is 0.284. The van der Waals surface area contributed by atoms with Crippen LogP contribution in [-0.2, 0) is 9.59 Å². The van der Waals surface area contributed by atoms with E-state index in [1.54, 1.807) is 0 Å². The number of aryl methyl sites for hydroxylation is 1. The lowest BCUT2D eigenvalue weighted by molar-refractivity contribution is -0.133. The number of amidine groups is 1. The second kappa shape index (κ2) is 5.90. The van der Waals surface area contributed by atoms with Gasteiger partial charge in [-0.2, -0.15) is 5.10 Å². The topological polar surface area (TPSA) is 77.6 Å². The molecular weight excluding hydrogens is 316 g/mol. The first-order chi connectivity index (χ1) is 12.2. The molecule has 2 N–H and O–H groups in total. The number of para-hydroxylation sites is 1. The first kappa shape index (κ1) is 15.1. The number of aromatic amines is 1. The quantitative estimate of drug-likeness (QED) is 0.723. The molecule has 0 saturated carbocycles. The van der Waals surface area contributed by atoms with Crippen molar-refractivity contribution < 1.29 is 9.59 Å². The average Bonchev–Trinajstić information content (AvgIpc) is 2.97. The summed E-state index contributed by atoms with van der Waals surface area (Å²) < 4.78 is 0. The number of hydrogen-bond acceptors (Lipinski definition) is 3. The monoisotopic (exact) mass is 332 g/mol. The molecule has 0 fully saturated rings. The molecule has 3 aromatic rings. The van der Waals surface area contributed by atoms with Crippen LogP contribution < -0.4 is 5.32 Å². The maximum Gasteiger partial charge on any atom is 0.255 e. The Morgan fingerprint density at radius 2 is 1.80 bits per heavy atom. The van der Waals surface area contributed by atoms with E-state index in [4.69, 9.17) is 0 Å². The molecule has 2 amide bonds. The summed E-state index contributed by atoms with van der Waals surface area (Å²) in [6.45, 7) is 1.89. The van der Waals surface area contributed by atoms with Gasteiger partial charge in [0.25, 0.3) is 5.91 Å². The van der Waals surface area contributed by atoms with Gasteiger partial charge in [-0.25, -0.2) is 5.01 Å². The van der Waals surface area contributed by atoms with Crippen LogP contribution in [-0.4, -0.2) is 28.1 Å². The summed E-state index contributed by atoms with van der Waals surface area (Å²) in [5, 5.41) is 9.26. The molecule has 0 saturated heterocycles. The lowest BCUT2D eigenvalue weighted by Crippen LogP contribution is -2.47. The zero-order valence-electron chi connectivity index (χ0n) is 13.6. The fraction of sp³-hybridized carbons (Fsp3) is 0.105. The molecule has 25 heavy (non-hydrogen) atoms. The lowest BCUT2D eigenvalue weighted by Gasteiger charge is -2.29. The van der Waals surface area contributed by atoms with Crippen LogP contribution in [0.1, 0.15) is 22.9 Å². The zero-order valence-corrected chi connectivity index (χ0v) is 13.6. The molecule has 2 aromatic carbocycles. The maximum atomic E-state index is 12.8. The average molecular weight is 332 g/mol. The number of carbonyl (C=O) groups excluding carboxylic acids is 2. The van der Waals surface area contributed by atoms with Crippen molar-refractivity contribution in [3.8, 4) is 0 Å². The van der Waals surface area contributed by atoms with Crippen LogP contribution >= 0.6 is 0 Å². The summed E-state index contributed by atoms with van der Waals surface area (Å²) in [4.78, 5) is 27.8. The Hall–Kier alpha value is -3.41. The van der Waals surface area contributed by atoms with E-state index >= 15 is 0 Å². The molecule has 124 valence electrons. The fourth-order valence-corrected chi connectivity index (χ4v) is 3.23. The van der Waals surface area contributed by atoms with Crippen molar-refractivity contribution in [1.29, 1.82) is 0 Å². The number of nitrogens with one attached hydrogen (secondary N) is 2. The highest BCUT2D eigenvalue weighted by Gasteiger charge is 2.35. The van der Waals surface area contributed by atoms with Gasteiger partial charge in [-0.1, -0.05) is 48.5 Å². The number of nitrogens with zero attached hydrogens (tertiary/aromatic N) is 2. The number of hydrogen-bond donors (Lipinski definition) is 2. The molecule has 0 spiro atoms. The summed E-state index contributed by atoms with van der Waals surface area (Å²) in [5.74, 6) is 0.0836. The molecule has 1 aliphatic rings. The highest BCUT2D eigenvalue weighted by Crippen LogP contribution is 2.32. The molecule has 6 heteroatoms. The van der Waals surface area contributed by atoms with Gasteiger partial charge in [-0.05, 0) is 13.0 Å².